The Kier molecular flexibility index (Phi) is 1.89. The second-order valence-electron chi connectivity index (χ2n) is 3.42. The number of aliphatic hydroxyl groups is 1. The molecule has 0 atom stereocenters. The summed E-state index contributed by atoms with van der Waals surface area (Å²) in [5.74, 6) is 0. The van der Waals surface area contributed by atoms with Crippen molar-refractivity contribution in [3.63, 3.8) is 0 Å². The molecule has 0 spiro atoms. The van der Waals surface area contributed by atoms with Gasteiger partial charge in [0.25, 0.3) is 0 Å². The molecule has 1 heterocycles. The molecular weight excluding hydrogens is 161 g/mol. The van der Waals surface area contributed by atoms with Crippen LogP contribution in [0.1, 0.15) is 5.69 Å². The number of hydrogen-bond donors (Lipinski definition) is 1. The van der Waals surface area contributed by atoms with E-state index in [1.165, 1.54) is 16.4 Å². The third-order valence-electron chi connectivity index (χ3n) is 2.46. The molecule has 2 nitrogen and oxygen atoms in total. The number of fused-ring (bicyclic) bond motifs is 1. The van der Waals surface area contributed by atoms with Crippen LogP contribution in [0.15, 0.2) is 24.3 Å². The molecule has 3 heteroatoms. The third kappa shape index (κ3) is 1.25. The molecule has 0 saturated heterocycles. The van der Waals surface area contributed by atoms with E-state index >= 15 is 0 Å². The van der Waals surface area contributed by atoms with Gasteiger partial charge in [0.1, 0.15) is 7.85 Å². The Bertz CT molecular complexity index is 447. The van der Waals surface area contributed by atoms with Crippen molar-refractivity contribution in [3.05, 3.63) is 30.0 Å². The maximum absolute atomic E-state index is 9.07. The number of nitrogens with zero attached hydrogens (tertiary/aromatic N) is 1. The molecule has 0 aliphatic rings. The molecule has 13 heavy (non-hydrogen) atoms. The summed E-state index contributed by atoms with van der Waals surface area (Å²) >= 11 is 0. The lowest BCUT2D eigenvalue weighted by Gasteiger charge is -1.99. The molecule has 0 amide bonds. The van der Waals surface area contributed by atoms with E-state index in [0.29, 0.717) is 0 Å². The zero-order valence-electron chi connectivity index (χ0n) is 7.91. The summed E-state index contributed by atoms with van der Waals surface area (Å²) in [6, 6.07) is 8.34. The van der Waals surface area contributed by atoms with Crippen molar-refractivity contribution in [2.75, 3.05) is 0 Å². The van der Waals surface area contributed by atoms with E-state index in [4.69, 9.17) is 5.11 Å². The average molecular weight is 173 g/mol. The van der Waals surface area contributed by atoms with Gasteiger partial charge in [-0.05, 0) is 17.5 Å². The molecular formula is C10H12BNO. The largest absolute Gasteiger partial charge is 0.390 e. The SMILES string of the molecule is Bc1ccc2c(c1)cc(CO)n2C. The Balaban J connectivity index is 2.76. The van der Waals surface area contributed by atoms with Gasteiger partial charge in [-0.25, -0.2) is 0 Å². The van der Waals surface area contributed by atoms with Crippen molar-refractivity contribution in [1.82, 2.24) is 4.57 Å². The van der Waals surface area contributed by atoms with Gasteiger partial charge in [-0.1, -0.05) is 17.6 Å². The lowest BCUT2D eigenvalue weighted by molar-refractivity contribution is 0.273. The first-order chi connectivity index (χ1) is 6.22. The Labute approximate surface area is 78.2 Å². The normalized spacial score (nSPS) is 10.9. The van der Waals surface area contributed by atoms with Crippen LogP contribution in [0.4, 0.5) is 0 Å². The highest BCUT2D eigenvalue weighted by atomic mass is 16.3. The number of aromatic nitrogens is 1. The first-order valence-corrected chi connectivity index (χ1v) is 4.38. The minimum Gasteiger partial charge on any atom is -0.390 e. The molecule has 0 unspecified atom stereocenters. The van der Waals surface area contributed by atoms with E-state index in [9.17, 15) is 0 Å². The minimum absolute atomic E-state index is 0.101. The van der Waals surface area contributed by atoms with Gasteiger partial charge in [0.2, 0.25) is 0 Å². The van der Waals surface area contributed by atoms with Gasteiger partial charge >= 0.3 is 0 Å². The second kappa shape index (κ2) is 2.93. The monoisotopic (exact) mass is 173 g/mol. The van der Waals surface area contributed by atoms with Crippen LogP contribution in [0.25, 0.3) is 10.9 Å². The van der Waals surface area contributed by atoms with Crippen LogP contribution in [0.2, 0.25) is 0 Å². The van der Waals surface area contributed by atoms with Crippen molar-refractivity contribution < 1.29 is 5.11 Å². The van der Waals surface area contributed by atoms with Crippen LogP contribution < -0.4 is 5.46 Å². The van der Waals surface area contributed by atoms with E-state index in [-0.39, 0.29) is 6.61 Å². The molecule has 1 N–H and O–H groups in total. The molecule has 0 fully saturated rings. The zero-order valence-corrected chi connectivity index (χ0v) is 7.91. The maximum atomic E-state index is 9.07. The van der Waals surface area contributed by atoms with Crippen LogP contribution >= 0.6 is 0 Å². The van der Waals surface area contributed by atoms with Crippen LogP contribution in [0, 0.1) is 0 Å². The summed E-state index contributed by atoms with van der Waals surface area (Å²) in [7, 11) is 4.05. The fourth-order valence-corrected chi connectivity index (χ4v) is 1.68. The van der Waals surface area contributed by atoms with E-state index in [2.05, 4.69) is 26.0 Å². The van der Waals surface area contributed by atoms with Crippen molar-refractivity contribution in [2.45, 2.75) is 6.61 Å². The fourth-order valence-electron chi connectivity index (χ4n) is 1.68. The number of aryl methyl sites for hydroxylation is 1. The van der Waals surface area contributed by atoms with E-state index in [1.807, 2.05) is 17.7 Å². The molecule has 0 bridgehead atoms. The van der Waals surface area contributed by atoms with Crippen LogP contribution in [-0.4, -0.2) is 17.5 Å². The van der Waals surface area contributed by atoms with Crippen molar-refractivity contribution in [2.24, 2.45) is 7.05 Å². The lowest BCUT2D eigenvalue weighted by Crippen LogP contribution is -2.00. The standard InChI is InChI=1S/C10H12BNO/c1-12-9(6-13)5-7-4-8(11)2-3-10(7)12/h2-5,13H,6,11H2,1H3. The van der Waals surface area contributed by atoms with Crippen LogP contribution in [-0.2, 0) is 13.7 Å². The highest BCUT2D eigenvalue weighted by Crippen LogP contribution is 2.16. The van der Waals surface area contributed by atoms with Gasteiger partial charge in [0.05, 0.1) is 6.61 Å². The molecule has 0 radical (unpaired) electrons. The smallest absolute Gasteiger partial charge is 0.139 e. The fraction of sp³-hybridized carbons (Fsp3) is 0.200. The number of rotatable bonds is 1. The zero-order chi connectivity index (χ0) is 9.42. The minimum atomic E-state index is 0.101. The van der Waals surface area contributed by atoms with Crippen molar-refractivity contribution in [3.8, 4) is 0 Å². The average Bonchev–Trinajstić information content (AvgIpc) is 2.42. The highest BCUT2D eigenvalue weighted by Gasteiger charge is 2.03. The molecule has 2 rings (SSSR count). The number of benzene rings is 1. The summed E-state index contributed by atoms with van der Waals surface area (Å²) < 4.78 is 2.02. The maximum Gasteiger partial charge on any atom is 0.139 e. The van der Waals surface area contributed by atoms with Gasteiger partial charge in [-0.15, -0.1) is 0 Å². The van der Waals surface area contributed by atoms with Crippen LogP contribution in [0.5, 0.6) is 0 Å². The quantitative estimate of drug-likeness (QED) is 0.600. The molecule has 1 aromatic heterocycles. The van der Waals surface area contributed by atoms with Gasteiger partial charge in [-0.2, -0.15) is 0 Å². The topological polar surface area (TPSA) is 25.2 Å². The van der Waals surface area contributed by atoms with Gasteiger partial charge in [-0.3, -0.25) is 0 Å². The summed E-state index contributed by atoms with van der Waals surface area (Å²) in [5.41, 5.74) is 3.39. The van der Waals surface area contributed by atoms with E-state index in [1.54, 1.807) is 0 Å². The predicted molar refractivity (Wildman–Crippen MR) is 57.0 cm³/mol. The first-order valence-electron chi connectivity index (χ1n) is 4.38. The van der Waals surface area contributed by atoms with Gasteiger partial charge < -0.3 is 9.67 Å². The summed E-state index contributed by atoms with van der Waals surface area (Å²) in [6.07, 6.45) is 0. The van der Waals surface area contributed by atoms with E-state index < -0.39 is 0 Å². The molecule has 66 valence electrons. The van der Waals surface area contributed by atoms with Crippen molar-refractivity contribution in [1.29, 1.82) is 0 Å². The summed E-state index contributed by atoms with van der Waals surface area (Å²) in [6.45, 7) is 0.101. The van der Waals surface area contributed by atoms with Gasteiger partial charge in [0, 0.05) is 18.3 Å². The predicted octanol–water partition coefficient (Wildman–Crippen LogP) is -0.0710. The third-order valence-corrected chi connectivity index (χ3v) is 2.46. The number of aliphatic hydroxyl groups excluding tert-OH is 1. The molecule has 1 aromatic carbocycles. The van der Waals surface area contributed by atoms with Gasteiger partial charge in [0.15, 0.2) is 0 Å². The Morgan fingerprint density at radius 2 is 2.15 bits per heavy atom. The van der Waals surface area contributed by atoms with Crippen molar-refractivity contribution >= 4 is 24.2 Å². The second-order valence-corrected chi connectivity index (χ2v) is 3.42. The number of hydrogen-bond acceptors (Lipinski definition) is 1. The Morgan fingerprint density at radius 1 is 1.38 bits per heavy atom. The molecule has 0 aliphatic heterocycles. The van der Waals surface area contributed by atoms with Crippen LogP contribution in [0.3, 0.4) is 0 Å². The lowest BCUT2D eigenvalue weighted by atomic mass is 9.95. The van der Waals surface area contributed by atoms with E-state index in [0.717, 1.165) is 5.69 Å². The highest BCUT2D eigenvalue weighted by molar-refractivity contribution is 6.33. The summed E-state index contributed by atoms with van der Waals surface area (Å²) in [5, 5.41) is 10.3. The molecule has 0 aliphatic carbocycles. The Hall–Kier alpha value is -1.22. The summed E-state index contributed by atoms with van der Waals surface area (Å²) in [4.78, 5) is 0. The Morgan fingerprint density at radius 3 is 2.85 bits per heavy atom. The molecule has 0 saturated carbocycles. The first kappa shape index (κ1) is 8.39. The molecule has 2 aromatic rings.